The van der Waals surface area contributed by atoms with Crippen LogP contribution >= 0.6 is 0 Å². The standard InChI is InChI=1S/C22H22N8O6/c1-22(33,21(32)26-12-3-4-13-14(9-12)36-28-19(13)23)18-20(31)29(7-8-35-18)15-5-6-30(27-15)16-10-17(34-2)25-11-24-16/h3-6,9-11,18,33H,7-8H2,1-2H3,(H2,23,28)(H,26,32)/t18-,22?/m0/s1. The van der Waals surface area contributed by atoms with Gasteiger partial charge in [-0.05, 0) is 19.1 Å². The molecule has 186 valence electrons. The Morgan fingerprint density at radius 2 is 2.11 bits per heavy atom. The Labute approximate surface area is 203 Å². The van der Waals surface area contributed by atoms with Gasteiger partial charge in [-0.15, -0.1) is 5.10 Å². The van der Waals surface area contributed by atoms with E-state index in [0.717, 1.165) is 0 Å². The van der Waals surface area contributed by atoms with E-state index in [4.69, 9.17) is 19.7 Å². The number of nitrogens with zero attached hydrogens (tertiary/aromatic N) is 6. The van der Waals surface area contributed by atoms with Crippen molar-refractivity contribution in [1.29, 1.82) is 0 Å². The maximum absolute atomic E-state index is 13.3. The summed E-state index contributed by atoms with van der Waals surface area (Å²) in [5.74, 6) is -0.152. The van der Waals surface area contributed by atoms with Crippen molar-refractivity contribution in [2.45, 2.75) is 18.6 Å². The van der Waals surface area contributed by atoms with Gasteiger partial charge in [0.2, 0.25) is 5.88 Å². The number of nitrogen functional groups attached to an aromatic ring is 1. The van der Waals surface area contributed by atoms with E-state index in [1.165, 1.54) is 36.0 Å². The Balaban J connectivity index is 1.33. The second-order valence-electron chi connectivity index (χ2n) is 8.16. The van der Waals surface area contributed by atoms with Gasteiger partial charge in [0.25, 0.3) is 11.8 Å². The molecule has 1 aliphatic rings. The van der Waals surface area contributed by atoms with Gasteiger partial charge in [0.15, 0.2) is 34.7 Å². The molecule has 0 saturated carbocycles. The molecule has 4 aromatic rings. The molecule has 3 aromatic heterocycles. The number of methoxy groups -OCH3 is 1. The van der Waals surface area contributed by atoms with Crippen LogP contribution in [-0.2, 0) is 14.3 Å². The number of hydrogen-bond donors (Lipinski definition) is 3. The molecule has 4 heterocycles. The second kappa shape index (κ2) is 8.90. The molecule has 5 rings (SSSR count). The number of hydrogen-bond acceptors (Lipinski definition) is 11. The number of anilines is 3. The van der Waals surface area contributed by atoms with Crippen LogP contribution in [0.2, 0.25) is 0 Å². The van der Waals surface area contributed by atoms with Crippen molar-refractivity contribution in [3.05, 3.63) is 42.9 Å². The van der Waals surface area contributed by atoms with E-state index in [-0.39, 0.29) is 19.0 Å². The van der Waals surface area contributed by atoms with Crippen molar-refractivity contribution in [2.24, 2.45) is 0 Å². The minimum atomic E-state index is -2.20. The van der Waals surface area contributed by atoms with Crippen LogP contribution in [0.5, 0.6) is 5.88 Å². The molecule has 14 nitrogen and oxygen atoms in total. The number of carbonyl (C=O) groups excluding carboxylic acids is 2. The highest BCUT2D eigenvalue weighted by molar-refractivity contribution is 6.06. The third kappa shape index (κ3) is 4.08. The molecule has 36 heavy (non-hydrogen) atoms. The van der Waals surface area contributed by atoms with E-state index in [9.17, 15) is 14.7 Å². The van der Waals surface area contributed by atoms with Gasteiger partial charge in [-0.2, -0.15) is 0 Å². The second-order valence-corrected chi connectivity index (χ2v) is 8.16. The largest absolute Gasteiger partial charge is 0.481 e. The SMILES string of the molecule is COc1cc(-n2ccc(N3CCO[C@H](C(C)(O)C(=O)Nc4ccc5c(N)noc5c4)C3=O)n2)ncn1. The molecule has 14 heteroatoms. The first-order chi connectivity index (χ1) is 17.3. The van der Waals surface area contributed by atoms with Crippen molar-refractivity contribution in [2.75, 3.05) is 36.2 Å². The summed E-state index contributed by atoms with van der Waals surface area (Å²) < 4.78 is 17.2. The fraction of sp³-hybridized carbons (Fsp3) is 0.273. The fourth-order valence-electron chi connectivity index (χ4n) is 3.78. The predicted molar refractivity (Wildman–Crippen MR) is 125 cm³/mol. The van der Waals surface area contributed by atoms with E-state index in [2.05, 4.69) is 25.5 Å². The van der Waals surface area contributed by atoms with Crippen molar-refractivity contribution in [1.82, 2.24) is 24.9 Å². The highest BCUT2D eigenvalue weighted by Crippen LogP contribution is 2.27. The smallest absolute Gasteiger partial charge is 0.260 e. The zero-order chi connectivity index (χ0) is 25.4. The van der Waals surface area contributed by atoms with Crippen LogP contribution in [0.25, 0.3) is 16.8 Å². The molecule has 2 amide bonds. The van der Waals surface area contributed by atoms with Gasteiger partial charge in [0.1, 0.15) is 6.33 Å². The summed E-state index contributed by atoms with van der Waals surface area (Å²) in [5, 5.41) is 22.3. The highest BCUT2D eigenvalue weighted by atomic mass is 16.5. The number of amides is 2. The quantitative estimate of drug-likeness (QED) is 0.339. The number of benzene rings is 1. The van der Waals surface area contributed by atoms with Gasteiger partial charge >= 0.3 is 0 Å². The summed E-state index contributed by atoms with van der Waals surface area (Å²) in [6, 6.07) is 7.91. The van der Waals surface area contributed by atoms with Crippen LogP contribution < -0.4 is 20.7 Å². The topological polar surface area (TPSA) is 184 Å². The van der Waals surface area contributed by atoms with E-state index in [1.54, 1.807) is 30.5 Å². The molecule has 1 unspecified atom stereocenters. The number of ether oxygens (including phenoxy) is 2. The number of fused-ring (bicyclic) bond motifs is 1. The molecule has 0 radical (unpaired) electrons. The lowest BCUT2D eigenvalue weighted by molar-refractivity contribution is -0.165. The van der Waals surface area contributed by atoms with Crippen molar-refractivity contribution in [3.63, 3.8) is 0 Å². The zero-order valence-corrected chi connectivity index (χ0v) is 19.3. The molecule has 4 N–H and O–H groups in total. The zero-order valence-electron chi connectivity index (χ0n) is 19.3. The lowest BCUT2D eigenvalue weighted by Gasteiger charge is -2.37. The Morgan fingerprint density at radius 1 is 1.28 bits per heavy atom. The van der Waals surface area contributed by atoms with E-state index in [0.29, 0.717) is 34.2 Å². The number of nitrogens with one attached hydrogen (secondary N) is 1. The number of carbonyl (C=O) groups is 2. The molecule has 1 fully saturated rings. The Bertz CT molecular complexity index is 1450. The first kappa shape index (κ1) is 23.2. The van der Waals surface area contributed by atoms with Gasteiger partial charge in [-0.25, -0.2) is 14.6 Å². The average Bonchev–Trinajstić information content (AvgIpc) is 3.51. The van der Waals surface area contributed by atoms with Crippen molar-refractivity contribution in [3.8, 4) is 11.7 Å². The Hall–Kier alpha value is -4.56. The molecule has 1 aromatic carbocycles. The molecular weight excluding hydrogens is 472 g/mol. The number of nitrogens with two attached hydrogens (primary N) is 1. The Morgan fingerprint density at radius 3 is 2.92 bits per heavy atom. The monoisotopic (exact) mass is 494 g/mol. The van der Waals surface area contributed by atoms with Gasteiger partial charge < -0.3 is 30.2 Å². The maximum Gasteiger partial charge on any atom is 0.260 e. The maximum atomic E-state index is 13.3. The van der Waals surface area contributed by atoms with Crippen LogP contribution in [0.3, 0.4) is 0 Å². The molecule has 1 aliphatic heterocycles. The lowest BCUT2D eigenvalue weighted by Crippen LogP contribution is -2.61. The summed E-state index contributed by atoms with van der Waals surface area (Å²) in [7, 11) is 1.48. The fourth-order valence-corrected chi connectivity index (χ4v) is 3.78. The minimum absolute atomic E-state index is 0.0807. The third-order valence-corrected chi connectivity index (χ3v) is 5.74. The van der Waals surface area contributed by atoms with Crippen molar-refractivity contribution < 1.29 is 28.7 Å². The molecule has 0 spiro atoms. The summed E-state index contributed by atoms with van der Waals surface area (Å²) in [6.07, 6.45) is 1.47. The number of rotatable bonds is 6. The first-order valence-electron chi connectivity index (χ1n) is 10.8. The van der Waals surface area contributed by atoms with Gasteiger partial charge in [-0.1, -0.05) is 5.16 Å². The van der Waals surface area contributed by atoms with Crippen molar-refractivity contribution >= 4 is 40.1 Å². The van der Waals surface area contributed by atoms with E-state index in [1.807, 2.05) is 0 Å². The van der Waals surface area contributed by atoms with Crippen LogP contribution in [0.1, 0.15) is 6.92 Å². The summed E-state index contributed by atoms with van der Waals surface area (Å²) in [4.78, 5) is 35.7. The minimum Gasteiger partial charge on any atom is -0.481 e. The Kier molecular flexibility index (Phi) is 5.74. The van der Waals surface area contributed by atoms with Crippen LogP contribution in [0.15, 0.2) is 47.4 Å². The van der Waals surface area contributed by atoms with Crippen LogP contribution in [0.4, 0.5) is 17.3 Å². The number of aromatic nitrogens is 5. The number of morpholine rings is 1. The van der Waals surface area contributed by atoms with Gasteiger partial charge in [-0.3, -0.25) is 14.5 Å². The molecule has 0 bridgehead atoms. The summed E-state index contributed by atoms with van der Waals surface area (Å²) >= 11 is 0. The summed E-state index contributed by atoms with van der Waals surface area (Å²) in [6.45, 7) is 1.48. The molecular formula is C22H22N8O6. The first-order valence-corrected chi connectivity index (χ1v) is 10.8. The van der Waals surface area contributed by atoms with E-state index < -0.39 is 23.5 Å². The predicted octanol–water partition coefficient (Wildman–Crippen LogP) is 0.516. The van der Waals surface area contributed by atoms with E-state index >= 15 is 0 Å². The number of aliphatic hydroxyl groups is 1. The average molecular weight is 494 g/mol. The normalized spacial score (nSPS) is 17.7. The van der Waals surface area contributed by atoms with Crippen LogP contribution in [0, 0.1) is 0 Å². The van der Waals surface area contributed by atoms with Gasteiger partial charge in [0.05, 0.1) is 25.6 Å². The molecule has 2 atom stereocenters. The molecule has 1 saturated heterocycles. The van der Waals surface area contributed by atoms with Crippen LogP contribution in [-0.4, -0.2) is 73.8 Å². The highest BCUT2D eigenvalue weighted by Gasteiger charge is 2.49. The third-order valence-electron chi connectivity index (χ3n) is 5.74. The summed E-state index contributed by atoms with van der Waals surface area (Å²) in [5.41, 5.74) is 4.19. The lowest BCUT2D eigenvalue weighted by atomic mass is 9.95. The molecule has 0 aliphatic carbocycles. The van der Waals surface area contributed by atoms with Gasteiger partial charge in [0, 0.05) is 30.1 Å².